The largest absolute Gasteiger partial charge is 0.493 e. The van der Waals surface area contributed by atoms with Gasteiger partial charge in [0.25, 0.3) is 0 Å². The van der Waals surface area contributed by atoms with Crippen molar-refractivity contribution in [3.8, 4) is 11.5 Å². The van der Waals surface area contributed by atoms with E-state index in [1.54, 1.807) is 18.3 Å². The molecule has 4 nitrogen and oxygen atoms in total. The number of nitrogen functional groups attached to an aromatic ring is 1. The Morgan fingerprint density at radius 2 is 1.95 bits per heavy atom. The summed E-state index contributed by atoms with van der Waals surface area (Å²) < 4.78 is 11.3. The fourth-order valence-corrected chi connectivity index (χ4v) is 1.84. The van der Waals surface area contributed by atoms with Gasteiger partial charge in [0.2, 0.25) is 0 Å². The highest BCUT2D eigenvalue weighted by Gasteiger charge is 2.03. The highest BCUT2D eigenvalue weighted by Crippen LogP contribution is 2.25. The molecule has 1 aromatic heterocycles. The van der Waals surface area contributed by atoms with Gasteiger partial charge in [-0.1, -0.05) is 6.07 Å². The molecule has 0 bridgehead atoms. The second-order valence-corrected chi connectivity index (χ2v) is 4.82. The van der Waals surface area contributed by atoms with E-state index in [1.165, 1.54) is 0 Å². The molecule has 0 aliphatic carbocycles. The molecule has 4 heteroatoms. The van der Waals surface area contributed by atoms with Gasteiger partial charge in [-0.2, -0.15) is 0 Å². The van der Waals surface area contributed by atoms with E-state index in [1.807, 2.05) is 38.1 Å². The summed E-state index contributed by atoms with van der Waals surface area (Å²) in [6.45, 7) is 4.51. The smallest absolute Gasteiger partial charge is 0.125 e. The molecule has 0 unspecified atom stereocenters. The summed E-state index contributed by atoms with van der Waals surface area (Å²) in [7, 11) is 0. The predicted molar refractivity (Wildman–Crippen MR) is 80.1 cm³/mol. The summed E-state index contributed by atoms with van der Waals surface area (Å²) in [5.74, 6) is 1.45. The fourth-order valence-electron chi connectivity index (χ4n) is 1.84. The van der Waals surface area contributed by atoms with Crippen LogP contribution in [-0.2, 0) is 6.42 Å². The monoisotopic (exact) mass is 272 g/mol. The highest BCUT2D eigenvalue weighted by atomic mass is 16.5. The van der Waals surface area contributed by atoms with E-state index >= 15 is 0 Å². The molecule has 2 N–H and O–H groups in total. The summed E-state index contributed by atoms with van der Waals surface area (Å²) in [6, 6.07) is 11.3. The SMILES string of the molecule is CC(C)Oc1cc(N)cc(OCCc2ccccn2)c1. The van der Waals surface area contributed by atoms with Crippen molar-refractivity contribution in [3.63, 3.8) is 0 Å². The molecule has 2 aromatic rings. The van der Waals surface area contributed by atoms with E-state index in [9.17, 15) is 0 Å². The lowest BCUT2D eigenvalue weighted by Crippen LogP contribution is -2.07. The fraction of sp³-hybridized carbons (Fsp3) is 0.312. The van der Waals surface area contributed by atoms with E-state index in [4.69, 9.17) is 15.2 Å². The summed E-state index contributed by atoms with van der Waals surface area (Å²) in [5, 5.41) is 0. The molecule has 2 rings (SSSR count). The van der Waals surface area contributed by atoms with E-state index in [0.29, 0.717) is 12.3 Å². The Morgan fingerprint density at radius 3 is 2.65 bits per heavy atom. The molecular weight excluding hydrogens is 252 g/mol. The van der Waals surface area contributed by atoms with Gasteiger partial charge in [-0.15, -0.1) is 0 Å². The molecule has 1 heterocycles. The molecule has 0 fully saturated rings. The van der Waals surface area contributed by atoms with Gasteiger partial charge in [0.05, 0.1) is 12.7 Å². The molecule has 106 valence electrons. The third kappa shape index (κ3) is 4.46. The molecule has 0 aliphatic rings. The van der Waals surface area contributed by atoms with Crippen LogP contribution in [0, 0.1) is 0 Å². The summed E-state index contributed by atoms with van der Waals surface area (Å²) in [6.07, 6.45) is 2.65. The minimum atomic E-state index is 0.109. The second-order valence-electron chi connectivity index (χ2n) is 4.82. The third-order valence-corrected chi connectivity index (χ3v) is 2.63. The molecule has 0 aliphatic heterocycles. The Kier molecular flexibility index (Phi) is 4.82. The average Bonchev–Trinajstić information content (AvgIpc) is 2.38. The molecule has 0 amide bonds. The minimum Gasteiger partial charge on any atom is -0.493 e. The van der Waals surface area contributed by atoms with Crippen molar-refractivity contribution in [3.05, 3.63) is 48.3 Å². The first-order valence-electron chi connectivity index (χ1n) is 6.73. The standard InChI is InChI=1S/C16H20N2O2/c1-12(2)20-16-10-13(17)9-15(11-16)19-8-6-14-5-3-4-7-18-14/h3-5,7,9-12H,6,8,17H2,1-2H3. The Morgan fingerprint density at radius 1 is 1.15 bits per heavy atom. The molecule has 0 saturated carbocycles. The van der Waals surface area contributed by atoms with Crippen molar-refractivity contribution in [1.82, 2.24) is 4.98 Å². The first-order valence-corrected chi connectivity index (χ1v) is 6.73. The molecule has 1 aromatic carbocycles. The number of anilines is 1. The number of rotatable bonds is 6. The van der Waals surface area contributed by atoms with Crippen molar-refractivity contribution in [2.75, 3.05) is 12.3 Å². The lowest BCUT2D eigenvalue weighted by molar-refractivity contribution is 0.240. The zero-order valence-corrected chi connectivity index (χ0v) is 11.9. The number of hydrogen-bond donors (Lipinski definition) is 1. The average molecular weight is 272 g/mol. The van der Waals surface area contributed by atoms with Crippen LogP contribution in [0.4, 0.5) is 5.69 Å². The topological polar surface area (TPSA) is 57.4 Å². The Balaban J connectivity index is 1.93. The molecule has 20 heavy (non-hydrogen) atoms. The maximum Gasteiger partial charge on any atom is 0.125 e. The van der Waals surface area contributed by atoms with Crippen LogP contribution in [0.5, 0.6) is 11.5 Å². The Hall–Kier alpha value is -2.23. The van der Waals surface area contributed by atoms with Gasteiger partial charge in [-0.05, 0) is 26.0 Å². The number of hydrogen-bond acceptors (Lipinski definition) is 4. The van der Waals surface area contributed by atoms with Crippen molar-refractivity contribution < 1.29 is 9.47 Å². The number of aromatic nitrogens is 1. The van der Waals surface area contributed by atoms with Gasteiger partial charge in [0.1, 0.15) is 11.5 Å². The molecule has 0 radical (unpaired) electrons. The summed E-state index contributed by atoms with van der Waals surface area (Å²) >= 11 is 0. The molecule has 0 saturated heterocycles. The maximum atomic E-state index is 5.85. The number of nitrogens with zero attached hydrogens (tertiary/aromatic N) is 1. The van der Waals surface area contributed by atoms with Gasteiger partial charge >= 0.3 is 0 Å². The van der Waals surface area contributed by atoms with Crippen LogP contribution in [0.15, 0.2) is 42.6 Å². The molecular formula is C16H20N2O2. The van der Waals surface area contributed by atoms with E-state index in [0.717, 1.165) is 23.6 Å². The molecule has 0 spiro atoms. The van der Waals surface area contributed by atoms with Crippen LogP contribution in [0.25, 0.3) is 0 Å². The number of nitrogens with two attached hydrogens (primary N) is 1. The van der Waals surface area contributed by atoms with Gasteiger partial charge in [0.15, 0.2) is 0 Å². The van der Waals surface area contributed by atoms with Crippen LogP contribution in [-0.4, -0.2) is 17.7 Å². The first kappa shape index (κ1) is 14.2. The van der Waals surface area contributed by atoms with Gasteiger partial charge in [-0.25, -0.2) is 0 Å². The molecule has 0 atom stereocenters. The zero-order chi connectivity index (χ0) is 14.4. The van der Waals surface area contributed by atoms with Crippen LogP contribution in [0.2, 0.25) is 0 Å². The zero-order valence-electron chi connectivity index (χ0n) is 11.9. The van der Waals surface area contributed by atoms with Crippen LogP contribution >= 0.6 is 0 Å². The van der Waals surface area contributed by atoms with Gasteiger partial charge in [0, 0.05) is 42.2 Å². The van der Waals surface area contributed by atoms with Crippen LogP contribution < -0.4 is 15.2 Å². The predicted octanol–water partition coefficient (Wildman–Crippen LogP) is 3.07. The third-order valence-electron chi connectivity index (χ3n) is 2.63. The number of pyridine rings is 1. The van der Waals surface area contributed by atoms with Gasteiger partial charge in [-0.3, -0.25) is 4.98 Å². The van der Waals surface area contributed by atoms with E-state index < -0.39 is 0 Å². The summed E-state index contributed by atoms with van der Waals surface area (Å²) in [5.41, 5.74) is 7.49. The van der Waals surface area contributed by atoms with E-state index in [-0.39, 0.29) is 6.10 Å². The van der Waals surface area contributed by atoms with E-state index in [2.05, 4.69) is 4.98 Å². The van der Waals surface area contributed by atoms with Crippen molar-refractivity contribution >= 4 is 5.69 Å². The quantitative estimate of drug-likeness (QED) is 0.821. The second kappa shape index (κ2) is 6.80. The lowest BCUT2D eigenvalue weighted by atomic mass is 10.2. The van der Waals surface area contributed by atoms with Crippen LogP contribution in [0.1, 0.15) is 19.5 Å². The van der Waals surface area contributed by atoms with Crippen molar-refractivity contribution in [1.29, 1.82) is 0 Å². The number of benzene rings is 1. The van der Waals surface area contributed by atoms with Crippen molar-refractivity contribution in [2.45, 2.75) is 26.4 Å². The van der Waals surface area contributed by atoms with Gasteiger partial charge < -0.3 is 15.2 Å². The normalized spacial score (nSPS) is 10.6. The maximum absolute atomic E-state index is 5.85. The van der Waals surface area contributed by atoms with Crippen molar-refractivity contribution in [2.24, 2.45) is 0 Å². The Bertz CT molecular complexity index is 541. The lowest BCUT2D eigenvalue weighted by Gasteiger charge is -2.13. The minimum absolute atomic E-state index is 0.109. The first-order chi connectivity index (χ1) is 9.63. The highest BCUT2D eigenvalue weighted by molar-refractivity contribution is 5.50. The Labute approximate surface area is 119 Å². The summed E-state index contributed by atoms with van der Waals surface area (Å²) in [4.78, 5) is 4.26. The van der Waals surface area contributed by atoms with Crippen LogP contribution in [0.3, 0.4) is 0 Å². The number of ether oxygens (including phenoxy) is 2.